The first kappa shape index (κ1) is 16.0. The number of aliphatic hydroxyl groups is 1. The van der Waals surface area contributed by atoms with Gasteiger partial charge >= 0.3 is 0 Å². The molecule has 0 saturated carbocycles. The fourth-order valence-corrected chi connectivity index (χ4v) is 3.15. The molecule has 2 rings (SSSR count). The Hall–Kier alpha value is -1.33. The normalized spacial score (nSPS) is 20.7. The van der Waals surface area contributed by atoms with Crippen LogP contribution in [0.1, 0.15) is 37.4 Å². The van der Waals surface area contributed by atoms with Crippen molar-refractivity contribution in [1.29, 1.82) is 0 Å². The van der Waals surface area contributed by atoms with E-state index in [1.807, 2.05) is 20.9 Å². The molecule has 1 aliphatic heterocycles. The van der Waals surface area contributed by atoms with Gasteiger partial charge in [-0.1, -0.05) is 12.7 Å². The van der Waals surface area contributed by atoms with Gasteiger partial charge in [0.25, 0.3) is 0 Å². The molecule has 1 N–H and O–H groups in total. The third-order valence-electron chi connectivity index (χ3n) is 4.10. The molecular formula is C16H27N3O2. The Morgan fingerprint density at radius 3 is 3.00 bits per heavy atom. The maximum atomic E-state index is 9.65. The maximum absolute atomic E-state index is 9.65. The third kappa shape index (κ3) is 3.86. The summed E-state index contributed by atoms with van der Waals surface area (Å²) in [5.41, 5.74) is 2.16. The van der Waals surface area contributed by atoms with Crippen molar-refractivity contribution in [3.05, 3.63) is 23.9 Å². The topological polar surface area (TPSA) is 50.5 Å². The van der Waals surface area contributed by atoms with Gasteiger partial charge in [-0.25, -0.2) is 4.68 Å². The van der Waals surface area contributed by atoms with Gasteiger partial charge in [-0.05, 0) is 39.7 Å². The molecule has 2 unspecified atom stereocenters. The highest BCUT2D eigenvalue weighted by molar-refractivity contribution is 5.31. The molecule has 5 nitrogen and oxygen atoms in total. The van der Waals surface area contributed by atoms with Gasteiger partial charge in [0.05, 0.1) is 17.4 Å². The predicted octanol–water partition coefficient (Wildman–Crippen LogP) is 2.03. The van der Waals surface area contributed by atoms with Crippen LogP contribution in [0.4, 0.5) is 0 Å². The number of hydrogen-bond donors (Lipinski definition) is 1. The van der Waals surface area contributed by atoms with Crippen LogP contribution in [-0.4, -0.2) is 45.1 Å². The fraction of sp³-hybridized carbons (Fsp3) is 0.688. The molecule has 0 amide bonds. The van der Waals surface area contributed by atoms with Crippen molar-refractivity contribution >= 4 is 0 Å². The summed E-state index contributed by atoms with van der Waals surface area (Å²) >= 11 is 0. The molecule has 1 saturated heterocycles. The first-order valence-electron chi connectivity index (χ1n) is 7.71. The van der Waals surface area contributed by atoms with Crippen LogP contribution in [0.25, 0.3) is 0 Å². The largest absolute Gasteiger partial charge is 0.473 e. The molecule has 2 atom stereocenters. The SMILES string of the molecule is C=CCOc1c(CN2CCCC2CC(C)O)c(C)nn1C. The van der Waals surface area contributed by atoms with Gasteiger partial charge in [-0.3, -0.25) is 4.90 Å². The summed E-state index contributed by atoms with van der Waals surface area (Å²) in [6, 6.07) is 0.455. The predicted molar refractivity (Wildman–Crippen MR) is 83.4 cm³/mol. The number of hydrogen-bond acceptors (Lipinski definition) is 4. The Morgan fingerprint density at radius 2 is 2.33 bits per heavy atom. The number of aliphatic hydroxyl groups excluding tert-OH is 1. The summed E-state index contributed by atoms with van der Waals surface area (Å²) in [7, 11) is 1.91. The lowest BCUT2D eigenvalue weighted by molar-refractivity contribution is 0.130. The molecule has 1 fully saturated rings. The molecule has 118 valence electrons. The molecular weight excluding hydrogens is 266 g/mol. The van der Waals surface area contributed by atoms with Gasteiger partial charge in [0.15, 0.2) is 0 Å². The molecule has 0 bridgehead atoms. The number of aromatic nitrogens is 2. The summed E-state index contributed by atoms with van der Waals surface area (Å²) in [6.45, 7) is 9.99. The van der Waals surface area contributed by atoms with E-state index < -0.39 is 0 Å². The molecule has 1 aromatic rings. The Morgan fingerprint density at radius 1 is 1.57 bits per heavy atom. The minimum absolute atomic E-state index is 0.248. The van der Waals surface area contributed by atoms with Crippen LogP contribution in [0.15, 0.2) is 12.7 Å². The van der Waals surface area contributed by atoms with Gasteiger partial charge in [0, 0.05) is 19.6 Å². The summed E-state index contributed by atoms with van der Waals surface area (Å²) in [4.78, 5) is 2.44. The Bertz CT molecular complexity index is 482. The van der Waals surface area contributed by atoms with E-state index in [1.54, 1.807) is 10.8 Å². The van der Waals surface area contributed by atoms with Crippen molar-refractivity contribution in [2.75, 3.05) is 13.2 Å². The first-order chi connectivity index (χ1) is 10.0. The fourth-order valence-electron chi connectivity index (χ4n) is 3.15. The van der Waals surface area contributed by atoms with E-state index in [0.29, 0.717) is 12.6 Å². The van der Waals surface area contributed by atoms with Crippen molar-refractivity contribution in [2.24, 2.45) is 7.05 Å². The Balaban J connectivity index is 2.12. The number of aryl methyl sites for hydroxylation is 2. The van der Waals surface area contributed by atoms with Crippen molar-refractivity contribution in [3.8, 4) is 5.88 Å². The number of rotatable bonds is 7. The zero-order chi connectivity index (χ0) is 15.4. The van der Waals surface area contributed by atoms with Crippen LogP contribution in [0.5, 0.6) is 5.88 Å². The lowest BCUT2D eigenvalue weighted by Gasteiger charge is -2.25. The van der Waals surface area contributed by atoms with Crippen LogP contribution in [-0.2, 0) is 13.6 Å². The standard InChI is InChI=1S/C16H27N3O2/c1-5-9-21-16-15(13(3)17-18(16)4)11-19-8-6-7-14(19)10-12(2)20/h5,12,14,20H,1,6-11H2,2-4H3. The van der Waals surface area contributed by atoms with Crippen LogP contribution < -0.4 is 4.74 Å². The second kappa shape index (κ2) is 7.09. The molecule has 21 heavy (non-hydrogen) atoms. The van der Waals surface area contributed by atoms with Gasteiger partial charge in [0.1, 0.15) is 6.61 Å². The quantitative estimate of drug-likeness (QED) is 0.782. The average Bonchev–Trinajstić information content (AvgIpc) is 2.94. The van der Waals surface area contributed by atoms with E-state index in [2.05, 4.69) is 16.6 Å². The van der Waals surface area contributed by atoms with Gasteiger partial charge in [-0.15, -0.1) is 0 Å². The van der Waals surface area contributed by atoms with E-state index in [4.69, 9.17) is 4.74 Å². The summed E-state index contributed by atoms with van der Waals surface area (Å²) < 4.78 is 7.57. The lowest BCUT2D eigenvalue weighted by Crippen LogP contribution is -2.31. The van der Waals surface area contributed by atoms with Crippen molar-refractivity contribution in [1.82, 2.24) is 14.7 Å². The molecule has 0 spiro atoms. The van der Waals surface area contributed by atoms with E-state index in [-0.39, 0.29) is 6.10 Å². The van der Waals surface area contributed by atoms with Crippen LogP contribution in [0, 0.1) is 6.92 Å². The van der Waals surface area contributed by atoms with E-state index in [9.17, 15) is 5.11 Å². The van der Waals surface area contributed by atoms with E-state index >= 15 is 0 Å². The molecule has 0 aliphatic carbocycles. The highest BCUT2D eigenvalue weighted by Crippen LogP contribution is 2.28. The minimum Gasteiger partial charge on any atom is -0.473 e. The molecule has 1 aliphatic rings. The Kier molecular flexibility index (Phi) is 5.42. The highest BCUT2D eigenvalue weighted by atomic mass is 16.5. The monoisotopic (exact) mass is 293 g/mol. The molecule has 2 heterocycles. The lowest BCUT2D eigenvalue weighted by atomic mass is 10.1. The van der Waals surface area contributed by atoms with Gasteiger partial charge in [-0.2, -0.15) is 5.10 Å². The average molecular weight is 293 g/mol. The highest BCUT2D eigenvalue weighted by Gasteiger charge is 2.28. The first-order valence-corrected chi connectivity index (χ1v) is 7.71. The van der Waals surface area contributed by atoms with Crippen LogP contribution in [0.3, 0.4) is 0 Å². The van der Waals surface area contributed by atoms with Crippen LogP contribution in [0.2, 0.25) is 0 Å². The smallest absolute Gasteiger partial charge is 0.216 e. The van der Waals surface area contributed by atoms with Crippen molar-refractivity contribution < 1.29 is 9.84 Å². The summed E-state index contributed by atoms with van der Waals surface area (Å²) in [5.74, 6) is 0.829. The second-order valence-corrected chi connectivity index (χ2v) is 5.94. The second-order valence-electron chi connectivity index (χ2n) is 5.94. The van der Waals surface area contributed by atoms with Crippen molar-refractivity contribution in [3.63, 3.8) is 0 Å². The molecule has 5 heteroatoms. The third-order valence-corrected chi connectivity index (χ3v) is 4.10. The number of nitrogens with zero attached hydrogens (tertiary/aromatic N) is 3. The van der Waals surface area contributed by atoms with E-state index in [0.717, 1.165) is 43.1 Å². The molecule has 0 radical (unpaired) electrons. The van der Waals surface area contributed by atoms with Gasteiger partial charge < -0.3 is 9.84 Å². The number of likely N-dealkylation sites (tertiary alicyclic amines) is 1. The van der Waals surface area contributed by atoms with Gasteiger partial charge in [0.2, 0.25) is 5.88 Å². The van der Waals surface area contributed by atoms with Crippen LogP contribution >= 0.6 is 0 Å². The summed E-state index contributed by atoms with van der Waals surface area (Å²) in [5, 5.41) is 14.1. The zero-order valence-electron chi connectivity index (χ0n) is 13.4. The maximum Gasteiger partial charge on any atom is 0.216 e. The van der Waals surface area contributed by atoms with Crippen molar-refractivity contribution in [2.45, 2.75) is 51.8 Å². The minimum atomic E-state index is -0.248. The van der Waals surface area contributed by atoms with E-state index in [1.165, 1.54) is 6.42 Å². The summed E-state index contributed by atoms with van der Waals surface area (Å²) in [6.07, 6.45) is 4.69. The molecule has 0 aromatic carbocycles. The molecule has 1 aromatic heterocycles. The zero-order valence-corrected chi connectivity index (χ0v) is 13.4. The number of ether oxygens (including phenoxy) is 1. The Labute approximate surface area is 127 Å².